The molecule has 2 aliphatic heterocycles. The Hall–Kier alpha value is -1.52. The van der Waals surface area contributed by atoms with Crippen LogP contribution in [0.1, 0.15) is 45.5 Å². The molecule has 0 atom stereocenters. The summed E-state index contributed by atoms with van der Waals surface area (Å²) in [5.41, 5.74) is 2.42. The third-order valence-electron chi connectivity index (χ3n) is 3.29. The van der Waals surface area contributed by atoms with Gasteiger partial charge in [0.05, 0.1) is 11.4 Å². The van der Waals surface area contributed by atoms with Gasteiger partial charge in [-0.25, -0.2) is 4.79 Å². The van der Waals surface area contributed by atoms with Crippen molar-refractivity contribution in [2.24, 2.45) is 7.05 Å². The number of nitrogens with zero attached hydrogens (tertiary/aromatic N) is 3. The van der Waals surface area contributed by atoms with Gasteiger partial charge in [-0.05, 0) is 26.7 Å². The van der Waals surface area contributed by atoms with Crippen molar-refractivity contribution in [1.82, 2.24) is 9.78 Å². The molecule has 100 valence electrons. The van der Waals surface area contributed by atoms with E-state index < -0.39 is 5.60 Å². The van der Waals surface area contributed by atoms with Crippen LogP contribution in [-0.2, 0) is 23.8 Å². The lowest BCUT2D eigenvalue weighted by Gasteiger charge is -2.38. The van der Waals surface area contributed by atoms with E-state index in [1.54, 1.807) is 4.90 Å². The molecule has 5 nitrogen and oxygen atoms in total. The number of aromatic nitrogens is 2. The van der Waals surface area contributed by atoms with Crippen molar-refractivity contribution < 1.29 is 9.53 Å². The van der Waals surface area contributed by atoms with Crippen molar-refractivity contribution in [2.75, 3.05) is 11.4 Å². The highest BCUT2D eigenvalue weighted by Gasteiger charge is 2.44. The molecule has 18 heavy (non-hydrogen) atoms. The summed E-state index contributed by atoms with van der Waals surface area (Å²) < 4.78 is 7.30. The Morgan fingerprint density at radius 2 is 2.00 bits per heavy atom. The third kappa shape index (κ3) is 1.69. The largest absolute Gasteiger partial charge is 0.437 e. The van der Waals surface area contributed by atoms with Gasteiger partial charge in [0.1, 0.15) is 5.69 Å². The van der Waals surface area contributed by atoms with Crippen LogP contribution >= 0.6 is 0 Å². The summed E-state index contributed by atoms with van der Waals surface area (Å²) in [5.74, 6) is 0. The molecular weight excluding hydrogens is 230 g/mol. The van der Waals surface area contributed by atoms with E-state index in [1.807, 2.05) is 39.4 Å². The Morgan fingerprint density at radius 1 is 1.33 bits per heavy atom. The first kappa shape index (κ1) is 12.9. The maximum Gasteiger partial charge on any atom is 0.415 e. The summed E-state index contributed by atoms with van der Waals surface area (Å²) in [6.45, 7) is 8.56. The summed E-state index contributed by atoms with van der Waals surface area (Å²) >= 11 is 0. The number of cyclic esters (lactones) is 1. The normalized spacial score (nSPS) is 19.6. The number of hydrogen-bond donors (Lipinski definition) is 0. The molecule has 1 aromatic rings. The molecule has 0 aliphatic carbocycles. The smallest absolute Gasteiger partial charge is 0.415 e. The highest BCUT2D eigenvalue weighted by atomic mass is 16.6. The van der Waals surface area contributed by atoms with Crippen molar-refractivity contribution in [3.8, 4) is 0 Å². The van der Waals surface area contributed by atoms with Gasteiger partial charge in [0, 0.05) is 13.6 Å². The molecule has 0 saturated heterocycles. The first-order chi connectivity index (χ1) is 8.50. The Morgan fingerprint density at radius 3 is 2.67 bits per heavy atom. The minimum atomic E-state index is -0.583. The average molecular weight is 251 g/mol. The predicted octanol–water partition coefficient (Wildman–Crippen LogP) is 2.58. The van der Waals surface area contributed by atoms with Crippen LogP contribution in [-0.4, -0.2) is 22.4 Å². The number of carbonyl (C=O) groups is 1. The Labute approximate surface area is 108 Å². The summed E-state index contributed by atoms with van der Waals surface area (Å²) in [7, 11) is 1.91. The lowest BCUT2D eigenvalue weighted by atomic mass is 9.97. The van der Waals surface area contributed by atoms with Gasteiger partial charge in [0.2, 0.25) is 0 Å². The molecule has 1 aromatic heterocycles. The fourth-order valence-corrected chi connectivity index (χ4v) is 2.72. The Balaban J connectivity index is 0.000000574. The van der Waals surface area contributed by atoms with Crippen LogP contribution in [0.4, 0.5) is 10.5 Å². The average Bonchev–Trinajstić information content (AvgIpc) is 2.66. The Kier molecular flexibility index (Phi) is 3.09. The summed E-state index contributed by atoms with van der Waals surface area (Å²) in [4.78, 5) is 13.6. The SMILES string of the molecule is CC.Cn1nc2c3c1C(C)(C)OC(=O)N3CCC2. The topological polar surface area (TPSA) is 47.4 Å². The number of hydrogen-bond acceptors (Lipinski definition) is 3. The second-order valence-electron chi connectivity index (χ2n) is 4.90. The fraction of sp³-hybridized carbons (Fsp3) is 0.692. The van der Waals surface area contributed by atoms with E-state index in [-0.39, 0.29) is 6.09 Å². The van der Waals surface area contributed by atoms with Crippen LogP contribution in [0.25, 0.3) is 0 Å². The van der Waals surface area contributed by atoms with Crippen LogP contribution in [0.15, 0.2) is 0 Å². The summed E-state index contributed by atoms with van der Waals surface area (Å²) in [6.07, 6.45) is 1.66. The minimum absolute atomic E-state index is 0.244. The monoisotopic (exact) mass is 251 g/mol. The van der Waals surface area contributed by atoms with E-state index in [9.17, 15) is 4.79 Å². The number of aryl methyl sites for hydroxylation is 2. The third-order valence-corrected chi connectivity index (χ3v) is 3.29. The zero-order valence-electron chi connectivity index (χ0n) is 11.8. The quantitative estimate of drug-likeness (QED) is 0.712. The van der Waals surface area contributed by atoms with Crippen LogP contribution in [0.3, 0.4) is 0 Å². The van der Waals surface area contributed by atoms with E-state index in [1.165, 1.54) is 0 Å². The number of ether oxygens (including phenoxy) is 1. The van der Waals surface area contributed by atoms with Crippen LogP contribution in [0.2, 0.25) is 0 Å². The second-order valence-corrected chi connectivity index (χ2v) is 4.90. The number of rotatable bonds is 0. The van der Waals surface area contributed by atoms with Gasteiger partial charge in [-0.15, -0.1) is 0 Å². The van der Waals surface area contributed by atoms with Crippen LogP contribution in [0.5, 0.6) is 0 Å². The zero-order valence-corrected chi connectivity index (χ0v) is 11.8. The minimum Gasteiger partial charge on any atom is -0.437 e. The van der Waals surface area contributed by atoms with Gasteiger partial charge in [0.25, 0.3) is 0 Å². The van der Waals surface area contributed by atoms with Gasteiger partial charge >= 0.3 is 6.09 Å². The number of anilines is 1. The fourth-order valence-electron chi connectivity index (χ4n) is 2.72. The molecule has 0 N–H and O–H groups in total. The van der Waals surface area contributed by atoms with Crippen molar-refractivity contribution >= 4 is 11.8 Å². The molecule has 2 aliphatic rings. The number of carbonyl (C=O) groups excluding carboxylic acids is 1. The van der Waals surface area contributed by atoms with Crippen LogP contribution < -0.4 is 4.90 Å². The number of amides is 1. The van der Waals surface area contributed by atoms with Crippen molar-refractivity contribution in [2.45, 2.75) is 46.1 Å². The molecule has 0 saturated carbocycles. The van der Waals surface area contributed by atoms with Gasteiger partial charge in [0.15, 0.2) is 5.60 Å². The molecule has 1 amide bonds. The maximum atomic E-state index is 11.9. The van der Waals surface area contributed by atoms with Crippen molar-refractivity contribution in [3.63, 3.8) is 0 Å². The Bertz CT molecular complexity index is 477. The molecule has 3 rings (SSSR count). The second kappa shape index (κ2) is 4.30. The van der Waals surface area contributed by atoms with E-state index >= 15 is 0 Å². The van der Waals surface area contributed by atoms with Crippen molar-refractivity contribution in [3.05, 3.63) is 11.4 Å². The molecule has 0 spiro atoms. The highest BCUT2D eigenvalue weighted by molar-refractivity contribution is 5.92. The summed E-state index contributed by atoms with van der Waals surface area (Å²) in [5, 5.41) is 4.49. The van der Waals surface area contributed by atoms with Gasteiger partial charge in [-0.2, -0.15) is 5.10 Å². The first-order valence-electron chi connectivity index (χ1n) is 6.57. The molecular formula is C13H21N3O2. The molecule has 0 aromatic carbocycles. The first-order valence-corrected chi connectivity index (χ1v) is 6.57. The molecule has 0 radical (unpaired) electrons. The standard InChI is InChI=1S/C11H15N3O2.C2H6/c1-11(2)9-8-7(12-13(9)3)5-4-6-14(8)10(15)16-11;1-2/h4-6H2,1-3H3;1-2H3. The molecule has 0 fully saturated rings. The van der Waals surface area contributed by atoms with E-state index in [0.29, 0.717) is 0 Å². The van der Waals surface area contributed by atoms with E-state index in [2.05, 4.69) is 5.10 Å². The van der Waals surface area contributed by atoms with Gasteiger partial charge in [-0.1, -0.05) is 13.8 Å². The van der Waals surface area contributed by atoms with Crippen molar-refractivity contribution in [1.29, 1.82) is 0 Å². The lowest BCUT2D eigenvalue weighted by molar-refractivity contribution is 0.0288. The molecule has 0 bridgehead atoms. The maximum absolute atomic E-state index is 11.9. The summed E-state index contributed by atoms with van der Waals surface area (Å²) in [6, 6.07) is 0. The lowest BCUT2D eigenvalue weighted by Crippen LogP contribution is -2.45. The highest BCUT2D eigenvalue weighted by Crippen LogP contribution is 2.42. The zero-order chi connectivity index (χ0) is 13.5. The predicted molar refractivity (Wildman–Crippen MR) is 69.7 cm³/mol. The van der Waals surface area contributed by atoms with Crippen LogP contribution in [0, 0.1) is 0 Å². The molecule has 0 unspecified atom stereocenters. The van der Waals surface area contributed by atoms with E-state index in [4.69, 9.17) is 4.74 Å². The van der Waals surface area contributed by atoms with Gasteiger partial charge in [-0.3, -0.25) is 9.58 Å². The van der Waals surface area contributed by atoms with E-state index in [0.717, 1.165) is 36.5 Å². The molecule has 5 heteroatoms. The molecule has 3 heterocycles. The van der Waals surface area contributed by atoms with Gasteiger partial charge < -0.3 is 4.74 Å².